The number of carbonyl (C=O) groups excluding carboxylic acids is 1. The van der Waals surface area contributed by atoms with Crippen molar-refractivity contribution in [1.82, 2.24) is 25.0 Å². The minimum atomic E-state index is 0.0302. The van der Waals surface area contributed by atoms with Crippen LogP contribution in [0.15, 0.2) is 36.9 Å². The van der Waals surface area contributed by atoms with Crippen LogP contribution in [0.1, 0.15) is 42.9 Å². The van der Waals surface area contributed by atoms with Crippen molar-refractivity contribution in [3.63, 3.8) is 0 Å². The Morgan fingerprint density at radius 3 is 2.88 bits per heavy atom. The van der Waals surface area contributed by atoms with E-state index >= 15 is 0 Å². The van der Waals surface area contributed by atoms with E-state index in [2.05, 4.69) is 15.4 Å². The third kappa shape index (κ3) is 4.13. The van der Waals surface area contributed by atoms with E-state index in [0.29, 0.717) is 6.54 Å². The smallest absolute Gasteiger partial charge is 0.317 e. The molecule has 1 aliphatic heterocycles. The van der Waals surface area contributed by atoms with Gasteiger partial charge in [-0.25, -0.2) is 4.79 Å². The van der Waals surface area contributed by atoms with Gasteiger partial charge in [0.25, 0.3) is 0 Å². The summed E-state index contributed by atoms with van der Waals surface area (Å²) in [5.41, 5.74) is 2.31. The summed E-state index contributed by atoms with van der Waals surface area (Å²) < 4.78 is 1.78. The van der Waals surface area contributed by atoms with Gasteiger partial charge >= 0.3 is 6.03 Å². The second kappa shape index (κ2) is 7.95. The molecule has 0 unspecified atom stereocenters. The highest BCUT2D eigenvalue weighted by molar-refractivity contribution is 5.74. The maximum atomic E-state index is 12.7. The van der Waals surface area contributed by atoms with Gasteiger partial charge in [-0.1, -0.05) is 12.8 Å². The van der Waals surface area contributed by atoms with Gasteiger partial charge < -0.3 is 10.2 Å². The summed E-state index contributed by atoms with van der Waals surface area (Å²) in [7, 11) is 1.90. The number of nitrogens with zero attached hydrogens (tertiary/aromatic N) is 4. The molecule has 3 heterocycles. The lowest BCUT2D eigenvalue weighted by atomic mass is 10.0. The number of urea groups is 1. The van der Waals surface area contributed by atoms with E-state index in [1.807, 2.05) is 36.5 Å². The monoisotopic (exact) mass is 327 g/mol. The minimum Gasteiger partial charge on any atom is -0.338 e. The summed E-state index contributed by atoms with van der Waals surface area (Å²) in [5, 5.41) is 7.23. The van der Waals surface area contributed by atoms with E-state index in [-0.39, 0.29) is 12.1 Å². The highest BCUT2D eigenvalue weighted by Crippen LogP contribution is 2.29. The van der Waals surface area contributed by atoms with E-state index in [0.717, 1.165) is 37.8 Å². The van der Waals surface area contributed by atoms with Crippen LogP contribution >= 0.6 is 0 Å². The summed E-state index contributed by atoms with van der Waals surface area (Å²) >= 11 is 0. The lowest BCUT2D eigenvalue weighted by Crippen LogP contribution is -2.42. The van der Waals surface area contributed by atoms with Crippen LogP contribution in [-0.4, -0.2) is 38.8 Å². The number of aryl methyl sites for hydroxylation is 1. The van der Waals surface area contributed by atoms with Crippen molar-refractivity contribution in [1.29, 1.82) is 0 Å². The molecule has 0 radical (unpaired) electrons. The first-order valence-electron chi connectivity index (χ1n) is 8.66. The fourth-order valence-corrected chi connectivity index (χ4v) is 3.30. The van der Waals surface area contributed by atoms with E-state index in [1.54, 1.807) is 17.1 Å². The number of rotatable bonds is 4. The van der Waals surface area contributed by atoms with Crippen LogP contribution in [-0.2, 0) is 13.5 Å². The molecule has 128 valence electrons. The topological polar surface area (TPSA) is 63.1 Å². The lowest BCUT2D eigenvalue weighted by Gasteiger charge is -2.30. The molecule has 0 saturated carbocycles. The van der Waals surface area contributed by atoms with Crippen LogP contribution in [0.2, 0.25) is 0 Å². The van der Waals surface area contributed by atoms with Gasteiger partial charge in [0.15, 0.2) is 0 Å². The van der Waals surface area contributed by atoms with E-state index < -0.39 is 0 Å². The lowest BCUT2D eigenvalue weighted by molar-refractivity contribution is 0.176. The molecule has 6 nitrogen and oxygen atoms in total. The summed E-state index contributed by atoms with van der Waals surface area (Å²) in [6.07, 6.45) is 12.7. The van der Waals surface area contributed by atoms with Crippen LogP contribution in [0.3, 0.4) is 0 Å². The molecule has 2 aromatic rings. The molecule has 1 saturated heterocycles. The Bertz CT molecular complexity index is 654. The average molecular weight is 327 g/mol. The van der Waals surface area contributed by atoms with Crippen molar-refractivity contribution in [3.05, 3.63) is 48.0 Å². The normalized spacial score (nSPS) is 18.2. The average Bonchev–Trinajstić information content (AvgIpc) is 2.86. The Balaban J connectivity index is 1.61. The molecule has 6 heteroatoms. The Labute approximate surface area is 142 Å². The Morgan fingerprint density at radius 1 is 1.29 bits per heavy atom. The van der Waals surface area contributed by atoms with Gasteiger partial charge in [0, 0.05) is 38.7 Å². The fraction of sp³-hybridized carbons (Fsp3) is 0.500. The van der Waals surface area contributed by atoms with Crippen molar-refractivity contribution >= 4 is 6.03 Å². The molecule has 0 aliphatic carbocycles. The first kappa shape index (κ1) is 16.5. The molecule has 24 heavy (non-hydrogen) atoms. The number of aromatic nitrogens is 3. The first-order valence-corrected chi connectivity index (χ1v) is 8.66. The van der Waals surface area contributed by atoms with Crippen molar-refractivity contribution in [2.24, 2.45) is 7.05 Å². The maximum Gasteiger partial charge on any atom is 0.317 e. The molecule has 2 amide bonds. The predicted octanol–water partition coefficient (Wildman–Crippen LogP) is 2.68. The summed E-state index contributed by atoms with van der Waals surface area (Å²) in [4.78, 5) is 18.8. The van der Waals surface area contributed by atoms with Crippen LogP contribution in [0.25, 0.3) is 0 Å². The Morgan fingerprint density at radius 2 is 2.12 bits per heavy atom. The van der Waals surface area contributed by atoms with Gasteiger partial charge in [-0.2, -0.15) is 5.10 Å². The van der Waals surface area contributed by atoms with Crippen LogP contribution in [0, 0.1) is 0 Å². The molecular formula is C18H25N5O. The predicted molar refractivity (Wildman–Crippen MR) is 92.5 cm³/mol. The zero-order valence-electron chi connectivity index (χ0n) is 14.2. The molecule has 0 spiro atoms. The first-order chi connectivity index (χ1) is 11.7. The van der Waals surface area contributed by atoms with Crippen LogP contribution in [0.4, 0.5) is 4.79 Å². The largest absolute Gasteiger partial charge is 0.338 e. The number of nitrogens with one attached hydrogen (secondary N) is 1. The van der Waals surface area contributed by atoms with E-state index in [9.17, 15) is 4.79 Å². The maximum absolute atomic E-state index is 12.7. The van der Waals surface area contributed by atoms with Gasteiger partial charge in [0.2, 0.25) is 0 Å². The van der Waals surface area contributed by atoms with Gasteiger partial charge in [-0.05, 0) is 42.5 Å². The Hall–Kier alpha value is -2.37. The number of hydrogen-bond donors (Lipinski definition) is 1. The number of hydrogen-bond acceptors (Lipinski definition) is 3. The van der Waals surface area contributed by atoms with Gasteiger partial charge in [0.05, 0.1) is 12.2 Å². The van der Waals surface area contributed by atoms with E-state index in [1.165, 1.54) is 12.0 Å². The minimum absolute atomic E-state index is 0.0302. The van der Waals surface area contributed by atoms with Crippen molar-refractivity contribution in [2.75, 3.05) is 13.1 Å². The zero-order valence-corrected chi connectivity index (χ0v) is 14.2. The highest BCUT2D eigenvalue weighted by atomic mass is 16.2. The van der Waals surface area contributed by atoms with Gasteiger partial charge in [-0.15, -0.1) is 0 Å². The van der Waals surface area contributed by atoms with Crippen LogP contribution in [0.5, 0.6) is 0 Å². The van der Waals surface area contributed by atoms with E-state index in [4.69, 9.17) is 0 Å². The third-order valence-corrected chi connectivity index (χ3v) is 4.55. The second-order valence-corrected chi connectivity index (χ2v) is 6.34. The quantitative estimate of drug-likeness (QED) is 0.939. The summed E-state index contributed by atoms with van der Waals surface area (Å²) in [5.74, 6) is 0. The molecule has 1 atom stereocenters. The molecule has 0 aromatic carbocycles. The Kier molecular flexibility index (Phi) is 5.46. The van der Waals surface area contributed by atoms with Crippen molar-refractivity contribution in [3.8, 4) is 0 Å². The standard InChI is InChI=1S/C18H25N5O/c1-22-14-15(13-21-22)6-11-20-18(24)23-12-4-2-3-5-17(23)16-7-9-19-10-8-16/h7-10,13-14,17H,2-6,11-12H2,1H3,(H,20,24)/t17-/m0/s1. The molecule has 1 fully saturated rings. The highest BCUT2D eigenvalue weighted by Gasteiger charge is 2.26. The summed E-state index contributed by atoms with van der Waals surface area (Å²) in [6.45, 7) is 1.44. The SMILES string of the molecule is Cn1cc(CCNC(=O)N2CCCCC[C@H]2c2ccncc2)cn1. The molecule has 0 bridgehead atoms. The molecule has 2 aromatic heterocycles. The van der Waals surface area contributed by atoms with Crippen LogP contribution < -0.4 is 5.32 Å². The molecule has 3 rings (SSSR count). The number of pyridine rings is 1. The van der Waals surface area contributed by atoms with Crippen molar-refractivity contribution < 1.29 is 4.79 Å². The van der Waals surface area contributed by atoms with Gasteiger partial charge in [-0.3, -0.25) is 9.67 Å². The summed E-state index contributed by atoms with van der Waals surface area (Å²) in [6, 6.07) is 4.22. The van der Waals surface area contributed by atoms with Gasteiger partial charge in [0.1, 0.15) is 0 Å². The molecule has 1 N–H and O–H groups in total. The fourth-order valence-electron chi connectivity index (χ4n) is 3.30. The zero-order chi connectivity index (χ0) is 16.8. The van der Waals surface area contributed by atoms with Crippen molar-refractivity contribution in [2.45, 2.75) is 38.1 Å². The molecular weight excluding hydrogens is 302 g/mol. The number of amides is 2. The number of carbonyl (C=O) groups is 1. The molecule has 1 aliphatic rings. The number of likely N-dealkylation sites (tertiary alicyclic amines) is 1. The third-order valence-electron chi connectivity index (χ3n) is 4.55. The second-order valence-electron chi connectivity index (χ2n) is 6.34.